The Morgan fingerprint density at radius 1 is 1.18 bits per heavy atom. The molecule has 3 aromatic rings. The van der Waals surface area contributed by atoms with Gasteiger partial charge in [0.2, 0.25) is 0 Å². The van der Waals surface area contributed by atoms with E-state index in [1.165, 1.54) is 18.0 Å². The second kappa shape index (κ2) is 8.71. The van der Waals surface area contributed by atoms with Crippen LogP contribution in [-0.4, -0.2) is 28.8 Å². The molecule has 1 amide bonds. The number of hydrogen-bond donors (Lipinski definition) is 1. The van der Waals surface area contributed by atoms with E-state index in [2.05, 4.69) is 26.3 Å². The molecule has 0 spiro atoms. The minimum Gasteiger partial charge on any atom is -0.488 e. The van der Waals surface area contributed by atoms with Crippen LogP contribution in [0.15, 0.2) is 59.2 Å². The zero-order valence-electron chi connectivity index (χ0n) is 15.3. The number of aryl methyl sites for hydroxylation is 1. The van der Waals surface area contributed by atoms with Crippen molar-refractivity contribution in [1.29, 1.82) is 0 Å². The molecule has 0 aliphatic rings. The minimum absolute atomic E-state index is 0.171. The van der Waals surface area contributed by atoms with Crippen LogP contribution in [0.1, 0.15) is 26.4 Å². The SMILES string of the molecule is COC(=O)c1c(NC(=O)c2cccc(COc3ccccc3Br)c2)cnn1C. The molecule has 1 heterocycles. The standard InChI is InChI=1S/C20H18BrN3O4/c1-24-18(20(26)27-2)16(11-22-24)23-19(25)14-7-5-6-13(10-14)12-28-17-9-4-3-8-15(17)21/h3-11H,12H2,1-2H3,(H,23,25). The Labute approximate surface area is 170 Å². The molecule has 144 valence electrons. The molecule has 0 fully saturated rings. The van der Waals surface area contributed by atoms with Gasteiger partial charge in [0.1, 0.15) is 12.4 Å². The number of anilines is 1. The van der Waals surface area contributed by atoms with Gasteiger partial charge in [-0.3, -0.25) is 9.48 Å². The molecule has 1 aromatic heterocycles. The maximum atomic E-state index is 12.6. The van der Waals surface area contributed by atoms with Crippen LogP contribution in [0.4, 0.5) is 5.69 Å². The number of rotatable bonds is 6. The van der Waals surface area contributed by atoms with Crippen LogP contribution >= 0.6 is 15.9 Å². The van der Waals surface area contributed by atoms with Gasteiger partial charge in [-0.2, -0.15) is 5.10 Å². The highest BCUT2D eigenvalue weighted by Crippen LogP contribution is 2.25. The fraction of sp³-hybridized carbons (Fsp3) is 0.150. The molecule has 0 saturated carbocycles. The predicted molar refractivity (Wildman–Crippen MR) is 107 cm³/mol. The van der Waals surface area contributed by atoms with Gasteiger partial charge in [-0.1, -0.05) is 24.3 Å². The van der Waals surface area contributed by atoms with E-state index < -0.39 is 5.97 Å². The largest absolute Gasteiger partial charge is 0.488 e. The number of carbonyl (C=O) groups is 2. The number of nitrogens with zero attached hydrogens (tertiary/aromatic N) is 2. The quantitative estimate of drug-likeness (QED) is 0.585. The second-order valence-corrected chi connectivity index (χ2v) is 6.75. The molecular formula is C20H18BrN3O4. The summed E-state index contributed by atoms with van der Waals surface area (Å²) in [4.78, 5) is 24.5. The van der Waals surface area contributed by atoms with E-state index in [-0.39, 0.29) is 17.3 Å². The normalized spacial score (nSPS) is 10.4. The topological polar surface area (TPSA) is 82.4 Å². The van der Waals surface area contributed by atoms with Crippen LogP contribution in [0.2, 0.25) is 0 Å². The zero-order chi connectivity index (χ0) is 20.1. The van der Waals surface area contributed by atoms with Crippen LogP contribution in [0.3, 0.4) is 0 Å². The van der Waals surface area contributed by atoms with E-state index in [0.29, 0.717) is 12.2 Å². The number of nitrogens with one attached hydrogen (secondary N) is 1. The molecule has 0 bridgehead atoms. The lowest BCUT2D eigenvalue weighted by atomic mass is 10.1. The van der Waals surface area contributed by atoms with Gasteiger partial charge in [-0.05, 0) is 45.8 Å². The fourth-order valence-electron chi connectivity index (χ4n) is 2.59. The molecule has 0 aliphatic heterocycles. The summed E-state index contributed by atoms with van der Waals surface area (Å²) in [7, 11) is 2.87. The molecule has 2 aromatic carbocycles. The first-order chi connectivity index (χ1) is 13.5. The summed E-state index contributed by atoms with van der Waals surface area (Å²) in [6.45, 7) is 0.310. The molecule has 8 heteroatoms. The summed E-state index contributed by atoms with van der Waals surface area (Å²) >= 11 is 3.44. The summed E-state index contributed by atoms with van der Waals surface area (Å²) in [6, 6.07) is 14.6. The van der Waals surface area contributed by atoms with Gasteiger partial charge in [-0.25, -0.2) is 4.79 Å². The molecule has 0 saturated heterocycles. The van der Waals surface area contributed by atoms with Crippen LogP contribution < -0.4 is 10.1 Å². The average molecular weight is 444 g/mol. The molecule has 7 nitrogen and oxygen atoms in total. The summed E-state index contributed by atoms with van der Waals surface area (Å²) in [6.07, 6.45) is 1.41. The van der Waals surface area contributed by atoms with E-state index in [9.17, 15) is 9.59 Å². The molecule has 0 radical (unpaired) electrons. The summed E-state index contributed by atoms with van der Waals surface area (Å²) in [5.41, 5.74) is 1.73. The van der Waals surface area contributed by atoms with Crippen molar-refractivity contribution < 1.29 is 19.1 Å². The van der Waals surface area contributed by atoms with Crippen molar-refractivity contribution in [2.24, 2.45) is 7.05 Å². The molecular weight excluding hydrogens is 426 g/mol. The maximum Gasteiger partial charge on any atom is 0.358 e. The third kappa shape index (κ3) is 4.40. The third-order valence-electron chi connectivity index (χ3n) is 3.99. The van der Waals surface area contributed by atoms with Crippen molar-refractivity contribution in [3.63, 3.8) is 0 Å². The van der Waals surface area contributed by atoms with Gasteiger partial charge in [0.05, 0.1) is 23.5 Å². The van der Waals surface area contributed by atoms with Gasteiger partial charge in [0, 0.05) is 12.6 Å². The van der Waals surface area contributed by atoms with E-state index in [1.807, 2.05) is 30.3 Å². The van der Waals surface area contributed by atoms with Crippen LogP contribution in [-0.2, 0) is 18.4 Å². The molecule has 3 rings (SSSR count). The van der Waals surface area contributed by atoms with Gasteiger partial charge >= 0.3 is 5.97 Å². The number of para-hydroxylation sites is 1. The van der Waals surface area contributed by atoms with E-state index in [0.717, 1.165) is 15.8 Å². The lowest BCUT2D eigenvalue weighted by molar-refractivity contribution is 0.0589. The Bertz CT molecular complexity index is 1020. The number of benzene rings is 2. The molecule has 0 aliphatic carbocycles. The lowest BCUT2D eigenvalue weighted by Crippen LogP contribution is -2.16. The summed E-state index contributed by atoms with van der Waals surface area (Å²) in [5.74, 6) is -0.220. The first-order valence-electron chi connectivity index (χ1n) is 8.37. The van der Waals surface area contributed by atoms with Crippen LogP contribution in [0.25, 0.3) is 0 Å². The van der Waals surface area contributed by atoms with Gasteiger partial charge in [0.25, 0.3) is 5.91 Å². The Balaban J connectivity index is 1.73. The van der Waals surface area contributed by atoms with E-state index in [1.54, 1.807) is 25.2 Å². The number of halogens is 1. The number of aromatic nitrogens is 2. The van der Waals surface area contributed by atoms with Crippen molar-refractivity contribution in [1.82, 2.24) is 9.78 Å². The second-order valence-electron chi connectivity index (χ2n) is 5.90. The zero-order valence-corrected chi connectivity index (χ0v) is 16.9. The fourth-order valence-corrected chi connectivity index (χ4v) is 2.99. The number of carbonyl (C=O) groups excluding carboxylic acids is 2. The number of amides is 1. The number of hydrogen-bond acceptors (Lipinski definition) is 5. The first kappa shape index (κ1) is 19.6. The Morgan fingerprint density at radius 3 is 2.71 bits per heavy atom. The number of methoxy groups -OCH3 is 1. The Morgan fingerprint density at radius 2 is 1.96 bits per heavy atom. The van der Waals surface area contributed by atoms with Crippen molar-refractivity contribution >= 4 is 33.5 Å². The van der Waals surface area contributed by atoms with Crippen molar-refractivity contribution in [2.45, 2.75) is 6.61 Å². The van der Waals surface area contributed by atoms with Gasteiger partial charge in [0.15, 0.2) is 5.69 Å². The Kier molecular flexibility index (Phi) is 6.10. The molecule has 28 heavy (non-hydrogen) atoms. The Hall–Kier alpha value is -3.13. The van der Waals surface area contributed by atoms with Crippen molar-refractivity contribution in [2.75, 3.05) is 12.4 Å². The van der Waals surface area contributed by atoms with E-state index >= 15 is 0 Å². The van der Waals surface area contributed by atoms with Gasteiger partial charge in [-0.15, -0.1) is 0 Å². The maximum absolute atomic E-state index is 12.6. The summed E-state index contributed by atoms with van der Waals surface area (Å²) in [5, 5.41) is 6.70. The van der Waals surface area contributed by atoms with Crippen LogP contribution in [0.5, 0.6) is 5.75 Å². The smallest absolute Gasteiger partial charge is 0.358 e. The van der Waals surface area contributed by atoms with Crippen molar-refractivity contribution in [3.05, 3.63) is 76.0 Å². The molecule has 0 atom stereocenters. The molecule has 1 N–H and O–H groups in total. The highest BCUT2D eigenvalue weighted by Gasteiger charge is 2.19. The highest BCUT2D eigenvalue weighted by molar-refractivity contribution is 9.10. The third-order valence-corrected chi connectivity index (χ3v) is 4.64. The predicted octanol–water partition coefficient (Wildman–Crippen LogP) is 3.80. The van der Waals surface area contributed by atoms with Gasteiger partial charge < -0.3 is 14.8 Å². The van der Waals surface area contributed by atoms with Crippen molar-refractivity contribution in [3.8, 4) is 5.75 Å². The number of esters is 1. The first-order valence-corrected chi connectivity index (χ1v) is 9.17. The summed E-state index contributed by atoms with van der Waals surface area (Å²) < 4.78 is 12.7. The van der Waals surface area contributed by atoms with Crippen LogP contribution in [0, 0.1) is 0 Å². The minimum atomic E-state index is -0.578. The van der Waals surface area contributed by atoms with E-state index in [4.69, 9.17) is 9.47 Å². The average Bonchev–Trinajstić information content (AvgIpc) is 3.07. The highest BCUT2D eigenvalue weighted by atomic mass is 79.9. The number of ether oxygens (including phenoxy) is 2. The lowest BCUT2D eigenvalue weighted by Gasteiger charge is -2.10. The molecule has 0 unspecified atom stereocenters. The monoisotopic (exact) mass is 443 g/mol.